The van der Waals surface area contributed by atoms with Gasteiger partial charge in [0.15, 0.2) is 5.76 Å². The van der Waals surface area contributed by atoms with E-state index in [4.69, 9.17) is 9.15 Å². The zero-order chi connectivity index (χ0) is 18.2. The lowest BCUT2D eigenvalue weighted by Crippen LogP contribution is -2.36. The molecule has 0 saturated carbocycles. The number of carbonyl (C=O) groups excluding carboxylic acids is 2. The largest absolute Gasteiger partial charge is 0.459 e. The molecule has 2 amide bonds. The second kappa shape index (κ2) is 9.00. The Bertz CT molecular complexity index is 709. The van der Waals surface area contributed by atoms with Crippen LogP contribution in [0.5, 0.6) is 0 Å². The molecule has 8 heteroatoms. The van der Waals surface area contributed by atoms with Gasteiger partial charge in [0.1, 0.15) is 5.82 Å². The molecule has 0 aliphatic carbocycles. The molecule has 0 bridgehead atoms. The number of furan rings is 1. The number of hydrogen-bond donors (Lipinski definition) is 2. The van der Waals surface area contributed by atoms with Crippen LogP contribution in [0, 0.1) is 0 Å². The summed E-state index contributed by atoms with van der Waals surface area (Å²) in [5.41, 5.74) is 0.659. The molecule has 0 unspecified atom stereocenters. The Morgan fingerprint density at radius 3 is 2.73 bits per heavy atom. The fourth-order valence-electron chi connectivity index (χ4n) is 2.61. The van der Waals surface area contributed by atoms with Gasteiger partial charge in [0, 0.05) is 26.1 Å². The van der Waals surface area contributed by atoms with Gasteiger partial charge in [-0.2, -0.15) is 0 Å². The smallest absolute Gasteiger partial charge is 0.286 e. The molecule has 1 saturated heterocycles. The quantitative estimate of drug-likeness (QED) is 0.731. The maximum atomic E-state index is 12.0. The Balaban J connectivity index is 1.37. The highest BCUT2D eigenvalue weighted by Crippen LogP contribution is 2.15. The number of carbonyl (C=O) groups is 2. The van der Waals surface area contributed by atoms with Crippen LogP contribution in [0.3, 0.4) is 0 Å². The van der Waals surface area contributed by atoms with Crippen molar-refractivity contribution in [3.8, 4) is 0 Å². The molecule has 2 aromatic rings. The van der Waals surface area contributed by atoms with Crippen molar-refractivity contribution in [1.29, 1.82) is 0 Å². The topological polar surface area (TPSA) is 96.7 Å². The standard InChI is InChI=1S/C18H22N4O4/c23-17(4-1-7-19-18(24)15-3-2-10-26-15)21-14-5-6-16(20-13-14)22-8-11-25-12-9-22/h2-3,5-6,10,13H,1,4,7-9,11-12H2,(H,19,24)(H,21,23). The van der Waals surface area contributed by atoms with Crippen LogP contribution in [0.25, 0.3) is 0 Å². The molecule has 3 rings (SSSR count). The number of nitrogens with one attached hydrogen (secondary N) is 2. The lowest BCUT2D eigenvalue weighted by Gasteiger charge is -2.27. The van der Waals surface area contributed by atoms with Crippen LogP contribution in [-0.2, 0) is 9.53 Å². The fourth-order valence-corrected chi connectivity index (χ4v) is 2.61. The predicted molar refractivity (Wildman–Crippen MR) is 96.2 cm³/mol. The molecule has 26 heavy (non-hydrogen) atoms. The monoisotopic (exact) mass is 358 g/mol. The zero-order valence-corrected chi connectivity index (χ0v) is 14.4. The molecule has 138 valence electrons. The minimum Gasteiger partial charge on any atom is -0.459 e. The molecule has 8 nitrogen and oxygen atoms in total. The summed E-state index contributed by atoms with van der Waals surface area (Å²) in [4.78, 5) is 30.2. The third-order valence-corrected chi connectivity index (χ3v) is 3.98. The highest BCUT2D eigenvalue weighted by atomic mass is 16.5. The maximum absolute atomic E-state index is 12.0. The Morgan fingerprint density at radius 2 is 2.04 bits per heavy atom. The van der Waals surface area contributed by atoms with E-state index in [0.717, 1.165) is 18.9 Å². The molecule has 0 spiro atoms. The molecule has 3 heterocycles. The van der Waals surface area contributed by atoms with Gasteiger partial charge in [0.2, 0.25) is 5.91 Å². The summed E-state index contributed by atoms with van der Waals surface area (Å²) in [6, 6.07) is 6.98. The summed E-state index contributed by atoms with van der Waals surface area (Å²) in [5.74, 6) is 0.754. The number of nitrogens with zero attached hydrogens (tertiary/aromatic N) is 2. The van der Waals surface area contributed by atoms with Crippen molar-refractivity contribution in [3.05, 3.63) is 42.5 Å². The minimum atomic E-state index is -0.279. The van der Waals surface area contributed by atoms with E-state index in [0.29, 0.717) is 38.3 Å². The first-order valence-electron chi connectivity index (χ1n) is 8.63. The summed E-state index contributed by atoms with van der Waals surface area (Å²) in [6.45, 7) is 3.46. The zero-order valence-electron chi connectivity index (χ0n) is 14.4. The average Bonchev–Trinajstić information content (AvgIpc) is 3.21. The number of morpholine rings is 1. The van der Waals surface area contributed by atoms with Crippen molar-refractivity contribution in [2.75, 3.05) is 43.1 Å². The Labute approximate surface area is 151 Å². The van der Waals surface area contributed by atoms with Gasteiger partial charge in [0.05, 0.1) is 31.4 Å². The van der Waals surface area contributed by atoms with Gasteiger partial charge < -0.3 is 24.7 Å². The maximum Gasteiger partial charge on any atom is 0.286 e. The number of anilines is 2. The second-order valence-corrected chi connectivity index (χ2v) is 5.89. The molecule has 0 aromatic carbocycles. The molecule has 1 fully saturated rings. The molecule has 1 aliphatic heterocycles. The fraction of sp³-hybridized carbons (Fsp3) is 0.389. The van der Waals surface area contributed by atoms with Crippen molar-refractivity contribution >= 4 is 23.3 Å². The lowest BCUT2D eigenvalue weighted by atomic mass is 10.2. The first-order valence-corrected chi connectivity index (χ1v) is 8.63. The Kier molecular flexibility index (Phi) is 6.21. The van der Waals surface area contributed by atoms with Crippen LogP contribution in [0.2, 0.25) is 0 Å². The molecule has 1 aliphatic rings. The van der Waals surface area contributed by atoms with E-state index in [1.165, 1.54) is 6.26 Å². The highest BCUT2D eigenvalue weighted by molar-refractivity contribution is 5.92. The van der Waals surface area contributed by atoms with Crippen molar-refractivity contribution in [2.45, 2.75) is 12.8 Å². The number of hydrogen-bond acceptors (Lipinski definition) is 6. The second-order valence-electron chi connectivity index (χ2n) is 5.89. The minimum absolute atomic E-state index is 0.113. The van der Waals surface area contributed by atoms with E-state index in [9.17, 15) is 9.59 Å². The lowest BCUT2D eigenvalue weighted by molar-refractivity contribution is -0.116. The Hall–Kier alpha value is -2.87. The van der Waals surface area contributed by atoms with E-state index in [2.05, 4.69) is 20.5 Å². The first kappa shape index (κ1) is 17.9. The van der Waals surface area contributed by atoms with Gasteiger partial charge in [-0.1, -0.05) is 0 Å². The van der Waals surface area contributed by atoms with Crippen molar-refractivity contribution in [1.82, 2.24) is 10.3 Å². The van der Waals surface area contributed by atoms with Crippen molar-refractivity contribution < 1.29 is 18.7 Å². The predicted octanol–water partition coefficient (Wildman–Crippen LogP) is 1.66. The molecule has 2 N–H and O–H groups in total. The Morgan fingerprint density at radius 1 is 1.19 bits per heavy atom. The van der Waals surface area contributed by atoms with Gasteiger partial charge in [-0.25, -0.2) is 4.98 Å². The molecular weight excluding hydrogens is 336 g/mol. The number of amides is 2. The molecule has 0 atom stereocenters. The van der Waals surface area contributed by atoms with Crippen LogP contribution < -0.4 is 15.5 Å². The van der Waals surface area contributed by atoms with Gasteiger partial charge in [-0.05, 0) is 30.7 Å². The number of pyridine rings is 1. The van der Waals surface area contributed by atoms with E-state index >= 15 is 0 Å². The normalized spacial score (nSPS) is 14.1. The highest BCUT2D eigenvalue weighted by Gasteiger charge is 2.12. The third kappa shape index (κ3) is 5.06. The summed E-state index contributed by atoms with van der Waals surface area (Å²) < 4.78 is 10.3. The van der Waals surface area contributed by atoms with Crippen LogP contribution in [0.1, 0.15) is 23.4 Å². The van der Waals surface area contributed by atoms with Gasteiger partial charge in [-0.3, -0.25) is 9.59 Å². The van der Waals surface area contributed by atoms with E-state index in [-0.39, 0.29) is 17.6 Å². The average molecular weight is 358 g/mol. The van der Waals surface area contributed by atoms with Crippen LogP contribution in [-0.4, -0.2) is 49.6 Å². The summed E-state index contributed by atoms with van der Waals surface area (Å²) >= 11 is 0. The number of rotatable bonds is 7. The van der Waals surface area contributed by atoms with Crippen molar-refractivity contribution in [3.63, 3.8) is 0 Å². The van der Waals surface area contributed by atoms with E-state index < -0.39 is 0 Å². The molecule has 2 aromatic heterocycles. The van der Waals surface area contributed by atoms with Crippen molar-refractivity contribution in [2.24, 2.45) is 0 Å². The first-order chi connectivity index (χ1) is 12.7. The van der Waals surface area contributed by atoms with Crippen LogP contribution >= 0.6 is 0 Å². The van der Waals surface area contributed by atoms with Crippen LogP contribution in [0.4, 0.5) is 11.5 Å². The van der Waals surface area contributed by atoms with E-state index in [1.807, 2.05) is 12.1 Å². The summed E-state index contributed by atoms with van der Waals surface area (Å²) in [7, 11) is 0. The van der Waals surface area contributed by atoms with Gasteiger partial charge in [-0.15, -0.1) is 0 Å². The van der Waals surface area contributed by atoms with Gasteiger partial charge in [0.25, 0.3) is 5.91 Å². The van der Waals surface area contributed by atoms with E-state index in [1.54, 1.807) is 18.3 Å². The number of ether oxygens (including phenoxy) is 1. The summed E-state index contributed by atoms with van der Waals surface area (Å²) in [6.07, 6.45) is 3.95. The third-order valence-electron chi connectivity index (χ3n) is 3.98. The SMILES string of the molecule is O=C(CCCNC(=O)c1ccco1)Nc1ccc(N2CCOCC2)nc1. The number of aromatic nitrogens is 1. The van der Waals surface area contributed by atoms with Gasteiger partial charge >= 0.3 is 0 Å². The molecule has 0 radical (unpaired) electrons. The molecular formula is C18H22N4O4. The van der Waals surface area contributed by atoms with Crippen LogP contribution in [0.15, 0.2) is 41.1 Å². The summed E-state index contributed by atoms with van der Waals surface area (Å²) in [5, 5.41) is 5.52.